The van der Waals surface area contributed by atoms with Crippen LogP contribution in [0.5, 0.6) is 0 Å². The molecule has 2 rings (SSSR count). The first kappa shape index (κ1) is 18.5. The molecule has 0 bridgehead atoms. The van der Waals surface area contributed by atoms with Gasteiger partial charge in [-0.3, -0.25) is 9.59 Å². The van der Waals surface area contributed by atoms with E-state index < -0.39 is 5.41 Å². The van der Waals surface area contributed by atoms with Gasteiger partial charge in [-0.25, -0.2) is 0 Å². The summed E-state index contributed by atoms with van der Waals surface area (Å²) in [5.41, 5.74) is 6.60. The van der Waals surface area contributed by atoms with E-state index in [4.69, 9.17) is 5.73 Å². The van der Waals surface area contributed by atoms with Crippen LogP contribution >= 0.6 is 0 Å². The molecule has 0 unspecified atom stereocenters. The van der Waals surface area contributed by atoms with E-state index in [-0.39, 0.29) is 11.8 Å². The van der Waals surface area contributed by atoms with Crippen LogP contribution < -0.4 is 16.4 Å². The second-order valence-corrected chi connectivity index (χ2v) is 6.68. The molecule has 1 aromatic rings. The van der Waals surface area contributed by atoms with Gasteiger partial charge in [-0.15, -0.1) is 0 Å². The van der Waals surface area contributed by atoms with Gasteiger partial charge >= 0.3 is 0 Å². The molecule has 5 heteroatoms. The molecule has 0 spiro atoms. The number of carbonyl (C=O) groups is 2. The number of carbonyl (C=O) groups excluding carboxylic acids is 2. The first-order valence-corrected chi connectivity index (χ1v) is 8.97. The number of benzene rings is 1. The SMILES string of the molecule is CCC(CC)(CN)C(=O)Nc1ccc(C(=O)NC2CCCC2)cc1. The number of amides is 2. The number of anilines is 1. The predicted molar refractivity (Wildman–Crippen MR) is 96.9 cm³/mol. The van der Waals surface area contributed by atoms with Crippen molar-refractivity contribution in [2.24, 2.45) is 11.1 Å². The maximum Gasteiger partial charge on any atom is 0.251 e. The summed E-state index contributed by atoms with van der Waals surface area (Å²) in [5.74, 6) is -0.101. The van der Waals surface area contributed by atoms with Crippen molar-refractivity contribution in [3.8, 4) is 0 Å². The Balaban J connectivity index is 1.98. The molecule has 1 aromatic carbocycles. The highest BCUT2D eigenvalue weighted by molar-refractivity contribution is 5.97. The van der Waals surface area contributed by atoms with Crippen molar-refractivity contribution >= 4 is 17.5 Å². The Kier molecular flexibility index (Phi) is 6.37. The Morgan fingerprint density at radius 3 is 2.21 bits per heavy atom. The zero-order valence-corrected chi connectivity index (χ0v) is 14.7. The summed E-state index contributed by atoms with van der Waals surface area (Å²) >= 11 is 0. The smallest absolute Gasteiger partial charge is 0.251 e. The summed E-state index contributed by atoms with van der Waals surface area (Å²) in [6.07, 6.45) is 5.91. The maximum absolute atomic E-state index is 12.5. The molecular formula is C19H29N3O2. The second-order valence-electron chi connectivity index (χ2n) is 6.68. The lowest BCUT2D eigenvalue weighted by Crippen LogP contribution is -2.41. The van der Waals surface area contributed by atoms with Crippen LogP contribution in [0.3, 0.4) is 0 Å². The normalized spacial score (nSPS) is 15.3. The minimum Gasteiger partial charge on any atom is -0.349 e. The molecular weight excluding hydrogens is 302 g/mol. The molecule has 0 heterocycles. The minimum absolute atomic E-state index is 0.0433. The first-order chi connectivity index (χ1) is 11.5. The van der Waals surface area contributed by atoms with Gasteiger partial charge in [0.15, 0.2) is 0 Å². The van der Waals surface area contributed by atoms with Crippen LogP contribution in [-0.2, 0) is 4.79 Å². The van der Waals surface area contributed by atoms with Crippen LogP contribution in [0.1, 0.15) is 62.7 Å². The molecule has 0 saturated heterocycles. The van der Waals surface area contributed by atoms with E-state index in [1.807, 2.05) is 13.8 Å². The zero-order chi connectivity index (χ0) is 17.6. The largest absolute Gasteiger partial charge is 0.349 e. The lowest BCUT2D eigenvalue weighted by atomic mass is 9.81. The second kappa shape index (κ2) is 8.29. The highest BCUT2D eigenvalue weighted by Gasteiger charge is 2.33. The Morgan fingerprint density at radius 1 is 1.12 bits per heavy atom. The van der Waals surface area contributed by atoms with E-state index >= 15 is 0 Å². The third-order valence-corrected chi connectivity index (χ3v) is 5.32. The average molecular weight is 331 g/mol. The number of rotatable bonds is 7. The molecule has 1 aliphatic carbocycles. The van der Waals surface area contributed by atoms with Crippen molar-refractivity contribution in [2.75, 3.05) is 11.9 Å². The van der Waals surface area contributed by atoms with Crippen molar-refractivity contribution in [3.05, 3.63) is 29.8 Å². The van der Waals surface area contributed by atoms with E-state index in [0.717, 1.165) is 12.8 Å². The molecule has 0 radical (unpaired) electrons. The Hall–Kier alpha value is -1.88. The highest BCUT2D eigenvalue weighted by atomic mass is 16.2. The van der Waals surface area contributed by atoms with Gasteiger partial charge < -0.3 is 16.4 Å². The quantitative estimate of drug-likeness (QED) is 0.718. The number of hydrogen-bond acceptors (Lipinski definition) is 3. The average Bonchev–Trinajstić information content (AvgIpc) is 3.10. The third kappa shape index (κ3) is 4.15. The maximum atomic E-state index is 12.5. The Morgan fingerprint density at radius 2 is 1.71 bits per heavy atom. The van der Waals surface area contributed by atoms with E-state index in [2.05, 4.69) is 10.6 Å². The van der Waals surface area contributed by atoms with Crippen molar-refractivity contribution in [3.63, 3.8) is 0 Å². The summed E-state index contributed by atoms with van der Waals surface area (Å²) in [5, 5.41) is 5.99. The molecule has 1 aliphatic rings. The number of nitrogens with one attached hydrogen (secondary N) is 2. The van der Waals surface area contributed by atoms with Crippen LogP contribution in [0, 0.1) is 5.41 Å². The van der Waals surface area contributed by atoms with E-state index in [1.165, 1.54) is 12.8 Å². The standard InChI is InChI=1S/C19H29N3O2/c1-3-19(4-2,13-20)18(24)22-16-11-9-14(10-12-16)17(23)21-15-7-5-6-8-15/h9-12,15H,3-8,13,20H2,1-2H3,(H,21,23)(H,22,24). The van der Waals surface area contributed by atoms with Crippen LogP contribution in [-0.4, -0.2) is 24.4 Å². The van der Waals surface area contributed by atoms with Gasteiger partial charge in [-0.2, -0.15) is 0 Å². The van der Waals surface area contributed by atoms with E-state index in [0.29, 0.717) is 36.7 Å². The third-order valence-electron chi connectivity index (χ3n) is 5.32. The molecule has 5 nitrogen and oxygen atoms in total. The molecule has 1 saturated carbocycles. The summed E-state index contributed by atoms with van der Waals surface area (Å²) in [7, 11) is 0. The zero-order valence-electron chi connectivity index (χ0n) is 14.7. The van der Waals surface area contributed by atoms with E-state index in [9.17, 15) is 9.59 Å². The van der Waals surface area contributed by atoms with Crippen molar-refractivity contribution < 1.29 is 9.59 Å². The topological polar surface area (TPSA) is 84.2 Å². The fraction of sp³-hybridized carbons (Fsp3) is 0.579. The van der Waals surface area contributed by atoms with Gasteiger partial charge in [0.1, 0.15) is 0 Å². The number of nitrogens with two attached hydrogens (primary N) is 1. The van der Waals surface area contributed by atoms with Gasteiger partial charge in [0.05, 0.1) is 5.41 Å². The van der Waals surface area contributed by atoms with Crippen molar-refractivity contribution in [2.45, 2.75) is 58.4 Å². The molecule has 2 amide bonds. The monoisotopic (exact) mass is 331 g/mol. The Labute approximate surface area is 144 Å². The summed E-state index contributed by atoms with van der Waals surface area (Å²) in [6.45, 7) is 4.28. The fourth-order valence-electron chi connectivity index (χ4n) is 3.26. The highest BCUT2D eigenvalue weighted by Crippen LogP contribution is 2.27. The summed E-state index contributed by atoms with van der Waals surface area (Å²) in [4.78, 5) is 24.7. The van der Waals surface area contributed by atoms with Gasteiger partial charge in [-0.05, 0) is 49.9 Å². The predicted octanol–water partition coefficient (Wildman–Crippen LogP) is 3.06. The molecule has 0 atom stereocenters. The summed E-state index contributed by atoms with van der Waals surface area (Å²) in [6, 6.07) is 7.35. The van der Waals surface area contributed by atoms with Crippen molar-refractivity contribution in [1.82, 2.24) is 5.32 Å². The molecule has 4 N–H and O–H groups in total. The van der Waals surface area contributed by atoms with E-state index in [1.54, 1.807) is 24.3 Å². The molecule has 0 aliphatic heterocycles. The fourth-order valence-corrected chi connectivity index (χ4v) is 3.26. The van der Waals surface area contributed by atoms with Gasteiger partial charge in [0, 0.05) is 23.8 Å². The van der Waals surface area contributed by atoms with Gasteiger partial charge in [-0.1, -0.05) is 26.7 Å². The lowest BCUT2D eigenvalue weighted by Gasteiger charge is -2.28. The van der Waals surface area contributed by atoms with Crippen LogP contribution in [0.25, 0.3) is 0 Å². The Bertz CT molecular complexity index is 550. The molecule has 132 valence electrons. The molecule has 1 fully saturated rings. The van der Waals surface area contributed by atoms with Crippen LogP contribution in [0.2, 0.25) is 0 Å². The van der Waals surface area contributed by atoms with Crippen LogP contribution in [0.4, 0.5) is 5.69 Å². The first-order valence-electron chi connectivity index (χ1n) is 8.97. The summed E-state index contributed by atoms with van der Waals surface area (Å²) < 4.78 is 0. The molecule has 24 heavy (non-hydrogen) atoms. The lowest BCUT2D eigenvalue weighted by molar-refractivity contribution is -0.125. The van der Waals surface area contributed by atoms with Crippen LogP contribution in [0.15, 0.2) is 24.3 Å². The minimum atomic E-state index is -0.529. The van der Waals surface area contributed by atoms with Gasteiger partial charge in [0.25, 0.3) is 5.91 Å². The molecule has 0 aromatic heterocycles. The van der Waals surface area contributed by atoms with Gasteiger partial charge in [0.2, 0.25) is 5.91 Å². The van der Waals surface area contributed by atoms with Crippen molar-refractivity contribution in [1.29, 1.82) is 0 Å². The number of hydrogen-bond donors (Lipinski definition) is 3.